The first-order valence-electron chi connectivity index (χ1n) is 7.47. The van der Waals surface area contributed by atoms with E-state index in [2.05, 4.69) is 9.97 Å². The van der Waals surface area contributed by atoms with E-state index in [1.807, 2.05) is 30.3 Å². The third-order valence-electron chi connectivity index (χ3n) is 3.09. The summed E-state index contributed by atoms with van der Waals surface area (Å²) in [5.41, 5.74) is 1.70. The van der Waals surface area contributed by atoms with Crippen molar-refractivity contribution < 1.29 is 19.1 Å². The van der Waals surface area contributed by atoms with Gasteiger partial charge in [-0.3, -0.25) is 0 Å². The predicted molar refractivity (Wildman–Crippen MR) is 94.7 cm³/mol. The van der Waals surface area contributed by atoms with Crippen LogP contribution < -0.4 is 0 Å². The molecule has 0 saturated heterocycles. The molecular formula is C17H14N2O4S2. The van der Waals surface area contributed by atoms with E-state index < -0.39 is 11.9 Å². The molecule has 2 heterocycles. The molecule has 0 bridgehead atoms. The molecule has 6 nitrogen and oxygen atoms in total. The second kappa shape index (κ2) is 8.00. The van der Waals surface area contributed by atoms with Crippen molar-refractivity contribution in [2.75, 3.05) is 6.61 Å². The molecule has 0 unspecified atom stereocenters. The second-order valence-electron chi connectivity index (χ2n) is 4.84. The number of aromatic nitrogens is 2. The predicted octanol–water partition coefficient (Wildman–Crippen LogP) is 3.80. The average molecular weight is 374 g/mol. The summed E-state index contributed by atoms with van der Waals surface area (Å²) in [6.07, 6.45) is 0. The van der Waals surface area contributed by atoms with Crippen molar-refractivity contribution in [1.29, 1.82) is 0 Å². The molecule has 0 spiro atoms. The summed E-state index contributed by atoms with van der Waals surface area (Å²) in [5, 5.41) is 4.32. The van der Waals surface area contributed by atoms with Crippen molar-refractivity contribution in [1.82, 2.24) is 9.97 Å². The molecule has 0 radical (unpaired) electrons. The monoisotopic (exact) mass is 374 g/mol. The standard InChI is InChI=1S/C17H14N2O4S2/c1-2-22-17(21)15-18-12(9-24-15)8-23-16(20)13-10-25-14(19-13)11-6-4-3-5-7-11/h3-7,9-10H,2,8H2,1H3. The molecule has 0 aliphatic rings. The Balaban J connectivity index is 1.60. The van der Waals surface area contributed by atoms with Crippen LogP contribution >= 0.6 is 22.7 Å². The van der Waals surface area contributed by atoms with Crippen molar-refractivity contribution in [3.05, 3.63) is 57.5 Å². The van der Waals surface area contributed by atoms with Crippen LogP contribution in [0.25, 0.3) is 10.6 Å². The zero-order valence-corrected chi connectivity index (χ0v) is 14.9. The normalized spacial score (nSPS) is 10.4. The van der Waals surface area contributed by atoms with Gasteiger partial charge in [0, 0.05) is 16.3 Å². The Labute approximate surface area is 152 Å². The Hall–Kier alpha value is -2.58. The lowest BCUT2D eigenvalue weighted by Crippen LogP contribution is -2.07. The van der Waals surface area contributed by atoms with E-state index in [0.717, 1.165) is 21.9 Å². The maximum atomic E-state index is 12.1. The lowest BCUT2D eigenvalue weighted by molar-refractivity contribution is 0.0462. The lowest BCUT2D eigenvalue weighted by Gasteiger charge is -2.00. The quantitative estimate of drug-likeness (QED) is 0.611. The molecule has 0 atom stereocenters. The Morgan fingerprint density at radius 1 is 1.00 bits per heavy atom. The summed E-state index contributed by atoms with van der Waals surface area (Å²) in [4.78, 5) is 32.1. The third kappa shape index (κ3) is 4.28. The number of nitrogens with zero attached hydrogens (tertiary/aromatic N) is 2. The zero-order chi connectivity index (χ0) is 17.6. The first-order valence-corrected chi connectivity index (χ1v) is 9.23. The molecule has 0 aliphatic carbocycles. The van der Waals surface area contributed by atoms with Crippen LogP contribution in [0.2, 0.25) is 0 Å². The molecule has 25 heavy (non-hydrogen) atoms. The topological polar surface area (TPSA) is 78.4 Å². The molecule has 8 heteroatoms. The highest BCUT2D eigenvalue weighted by atomic mass is 32.1. The van der Waals surface area contributed by atoms with Crippen LogP contribution in [0.15, 0.2) is 41.1 Å². The van der Waals surface area contributed by atoms with E-state index in [4.69, 9.17) is 9.47 Å². The zero-order valence-electron chi connectivity index (χ0n) is 13.3. The van der Waals surface area contributed by atoms with Gasteiger partial charge in [0.1, 0.15) is 11.6 Å². The SMILES string of the molecule is CCOC(=O)c1nc(COC(=O)c2csc(-c3ccccc3)n2)cs1. The van der Waals surface area contributed by atoms with Gasteiger partial charge in [0.15, 0.2) is 5.69 Å². The number of esters is 2. The fourth-order valence-electron chi connectivity index (χ4n) is 1.95. The summed E-state index contributed by atoms with van der Waals surface area (Å²) in [7, 11) is 0. The van der Waals surface area contributed by atoms with Crippen LogP contribution in [0.3, 0.4) is 0 Å². The fourth-order valence-corrected chi connectivity index (χ4v) is 3.44. The number of carbonyl (C=O) groups is 2. The number of thiazole rings is 2. The highest BCUT2D eigenvalue weighted by Gasteiger charge is 2.16. The Morgan fingerprint density at radius 3 is 2.56 bits per heavy atom. The third-order valence-corrected chi connectivity index (χ3v) is 4.85. The minimum Gasteiger partial charge on any atom is -0.461 e. The number of rotatable bonds is 6. The largest absolute Gasteiger partial charge is 0.461 e. The summed E-state index contributed by atoms with van der Waals surface area (Å²) in [6, 6.07) is 9.61. The first kappa shape index (κ1) is 17.2. The van der Waals surface area contributed by atoms with Gasteiger partial charge in [0.05, 0.1) is 12.3 Å². The number of carbonyl (C=O) groups excluding carboxylic acids is 2. The van der Waals surface area contributed by atoms with E-state index in [0.29, 0.717) is 5.69 Å². The van der Waals surface area contributed by atoms with Crippen molar-refractivity contribution >= 4 is 34.6 Å². The van der Waals surface area contributed by atoms with Gasteiger partial charge in [-0.15, -0.1) is 22.7 Å². The van der Waals surface area contributed by atoms with Crippen LogP contribution in [0, 0.1) is 0 Å². The van der Waals surface area contributed by atoms with Gasteiger partial charge >= 0.3 is 11.9 Å². The van der Waals surface area contributed by atoms with Gasteiger partial charge in [-0.05, 0) is 6.92 Å². The minimum absolute atomic E-state index is 0.0209. The maximum absolute atomic E-state index is 12.1. The van der Waals surface area contributed by atoms with E-state index in [-0.39, 0.29) is 23.9 Å². The van der Waals surface area contributed by atoms with E-state index >= 15 is 0 Å². The summed E-state index contributed by atoms with van der Waals surface area (Å²) in [6.45, 7) is 2.00. The average Bonchev–Trinajstić information content (AvgIpc) is 3.30. The molecule has 2 aromatic heterocycles. The number of benzene rings is 1. The van der Waals surface area contributed by atoms with Crippen molar-refractivity contribution in [3.63, 3.8) is 0 Å². The van der Waals surface area contributed by atoms with Gasteiger partial charge in [-0.1, -0.05) is 30.3 Å². The molecule has 3 aromatic rings. The fraction of sp³-hybridized carbons (Fsp3) is 0.176. The molecule has 1 aromatic carbocycles. The molecule has 0 amide bonds. The van der Waals surface area contributed by atoms with Crippen LogP contribution in [0.4, 0.5) is 0 Å². The summed E-state index contributed by atoms with van der Waals surface area (Å²) < 4.78 is 10.1. The van der Waals surface area contributed by atoms with Crippen LogP contribution in [-0.4, -0.2) is 28.5 Å². The first-order chi connectivity index (χ1) is 12.2. The van der Waals surface area contributed by atoms with E-state index in [1.165, 1.54) is 11.3 Å². The van der Waals surface area contributed by atoms with Gasteiger partial charge in [-0.25, -0.2) is 19.6 Å². The van der Waals surface area contributed by atoms with Gasteiger partial charge < -0.3 is 9.47 Å². The highest BCUT2D eigenvalue weighted by molar-refractivity contribution is 7.13. The second-order valence-corrected chi connectivity index (χ2v) is 6.56. The van der Waals surface area contributed by atoms with E-state index in [9.17, 15) is 9.59 Å². The summed E-state index contributed by atoms with van der Waals surface area (Å²) in [5.74, 6) is -0.999. The van der Waals surface area contributed by atoms with Crippen molar-refractivity contribution in [2.45, 2.75) is 13.5 Å². The molecule has 0 N–H and O–H groups in total. The van der Waals surface area contributed by atoms with Crippen LogP contribution in [0.5, 0.6) is 0 Å². The summed E-state index contributed by atoms with van der Waals surface area (Å²) >= 11 is 2.54. The molecule has 0 fully saturated rings. The number of hydrogen-bond donors (Lipinski definition) is 0. The van der Waals surface area contributed by atoms with Gasteiger partial charge in [0.2, 0.25) is 5.01 Å². The molecule has 3 rings (SSSR count). The van der Waals surface area contributed by atoms with E-state index in [1.54, 1.807) is 17.7 Å². The highest BCUT2D eigenvalue weighted by Crippen LogP contribution is 2.23. The minimum atomic E-state index is -0.524. The smallest absolute Gasteiger partial charge is 0.367 e. The van der Waals surface area contributed by atoms with Crippen LogP contribution in [0.1, 0.15) is 32.9 Å². The Bertz CT molecular complexity index is 874. The number of ether oxygens (including phenoxy) is 2. The van der Waals surface area contributed by atoms with Gasteiger partial charge in [-0.2, -0.15) is 0 Å². The molecule has 0 aliphatic heterocycles. The molecule has 0 saturated carbocycles. The van der Waals surface area contributed by atoms with Crippen molar-refractivity contribution in [3.8, 4) is 10.6 Å². The van der Waals surface area contributed by atoms with Crippen LogP contribution in [-0.2, 0) is 16.1 Å². The lowest BCUT2D eigenvalue weighted by atomic mass is 10.2. The van der Waals surface area contributed by atoms with Gasteiger partial charge in [0.25, 0.3) is 0 Å². The number of hydrogen-bond acceptors (Lipinski definition) is 8. The maximum Gasteiger partial charge on any atom is 0.367 e. The Kier molecular flexibility index (Phi) is 5.52. The Morgan fingerprint density at radius 2 is 1.80 bits per heavy atom. The molecular weight excluding hydrogens is 360 g/mol. The molecule has 128 valence electrons. The van der Waals surface area contributed by atoms with Crippen molar-refractivity contribution in [2.24, 2.45) is 0 Å².